The molecule has 8 heteroatoms. The number of halogens is 1. The molecule has 1 aromatic carbocycles. The summed E-state index contributed by atoms with van der Waals surface area (Å²) in [6, 6.07) is 7.91. The number of aromatic nitrogens is 2. The molecule has 25 heavy (non-hydrogen) atoms. The molecule has 0 radical (unpaired) electrons. The van der Waals surface area contributed by atoms with Crippen LogP contribution in [0.15, 0.2) is 28.8 Å². The minimum Gasteiger partial charge on any atom is -0.384 e. The number of likely N-dealkylation sites (tertiary alicyclic amines) is 1. The summed E-state index contributed by atoms with van der Waals surface area (Å²) < 4.78 is 10.2. The minimum atomic E-state index is 0.140. The number of carbonyl (C=O) groups excluding carboxylic acids is 1. The molecule has 1 N–H and O–H groups in total. The molecule has 1 amide bonds. The maximum atomic E-state index is 12.0. The molecule has 0 atom stereocenters. The summed E-state index contributed by atoms with van der Waals surface area (Å²) in [6.07, 6.45) is 2.11. The van der Waals surface area contributed by atoms with Gasteiger partial charge in [0.2, 0.25) is 11.7 Å². The summed E-state index contributed by atoms with van der Waals surface area (Å²) in [5.74, 6) is 0.638. The first-order valence-electron chi connectivity index (χ1n) is 8.28. The highest BCUT2D eigenvalue weighted by molar-refractivity contribution is 6.30. The van der Waals surface area contributed by atoms with E-state index in [9.17, 15) is 4.79 Å². The van der Waals surface area contributed by atoms with Gasteiger partial charge >= 0.3 is 6.01 Å². The molecule has 0 spiro atoms. The molecular formula is C17H21ClN4O3. The zero-order chi connectivity index (χ0) is 17.6. The van der Waals surface area contributed by atoms with Gasteiger partial charge in [-0.25, -0.2) is 0 Å². The van der Waals surface area contributed by atoms with Gasteiger partial charge < -0.3 is 19.5 Å². The molecular weight excluding hydrogens is 344 g/mol. The van der Waals surface area contributed by atoms with Crippen LogP contribution in [-0.4, -0.2) is 53.8 Å². The minimum absolute atomic E-state index is 0.140. The van der Waals surface area contributed by atoms with Gasteiger partial charge in [-0.2, -0.15) is 4.98 Å². The molecule has 1 saturated heterocycles. The van der Waals surface area contributed by atoms with E-state index in [4.69, 9.17) is 20.9 Å². The van der Waals surface area contributed by atoms with Crippen LogP contribution in [0.4, 0.5) is 6.01 Å². The molecule has 3 rings (SSSR count). The highest BCUT2D eigenvalue weighted by Gasteiger charge is 2.23. The van der Waals surface area contributed by atoms with Crippen LogP contribution in [0.3, 0.4) is 0 Å². The van der Waals surface area contributed by atoms with Gasteiger partial charge in [-0.3, -0.25) is 4.79 Å². The Morgan fingerprint density at radius 2 is 2.24 bits per heavy atom. The van der Waals surface area contributed by atoms with Gasteiger partial charge in [0.1, 0.15) is 0 Å². The predicted octanol–water partition coefficient (Wildman–Crippen LogP) is 2.83. The molecule has 2 aromatic rings. The van der Waals surface area contributed by atoms with Crippen molar-refractivity contribution < 1.29 is 14.1 Å². The van der Waals surface area contributed by atoms with E-state index < -0.39 is 0 Å². The number of methoxy groups -OCH3 is 1. The van der Waals surface area contributed by atoms with Crippen LogP contribution in [0.5, 0.6) is 0 Å². The van der Waals surface area contributed by atoms with E-state index in [2.05, 4.69) is 15.5 Å². The number of rotatable bonds is 6. The van der Waals surface area contributed by atoms with Crippen molar-refractivity contribution in [1.82, 2.24) is 15.0 Å². The fraction of sp³-hybridized carbons (Fsp3) is 0.471. The van der Waals surface area contributed by atoms with Crippen molar-refractivity contribution in [1.29, 1.82) is 0 Å². The Bertz CT molecular complexity index is 713. The number of anilines is 1. The Hall–Kier alpha value is -2.12. The van der Waals surface area contributed by atoms with E-state index in [1.54, 1.807) is 19.2 Å². The van der Waals surface area contributed by atoms with Gasteiger partial charge in [0.05, 0.1) is 13.0 Å². The van der Waals surface area contributed by atoms with E-state index in [0.29, 0.717) is 29.9 Å². The third-order valence-corrected chi connectivity index (χ3v) is 4.44. The maximum Gasteiger partial charge on any atom is 0.322 e. The van der Waals surface area contributed by atoms with Crippen molar-refractivity contribution >= 4 is 23.5 Å². The second kappa shape index (κ2) is 8.31. The van der Waals surface area contributed by atoms with Gasteiger partial charge in [-0.15, -0.1) is 0 Å². The standard InChI is InChI=1S/C17H21ClN4O3/c1-24-10-7-15(23)22-8-5-14(6-9-22)19-17-20-16(21-25-17)12-3-2-4-13(18)11-12/h2-4,11,14H,5-10H2,1H3,(H,19,20,21). The Morgan fingerprint density at radius 1 is 1.44 bits per heavy atom. The Labute approximate surface area is 151 Å². The molecule has 0 bridgehead atoms. The van der Waals surface area contributed by atoms with E-state index in [1.165, 1.54) is 0 Å². The van der Waals surface area contributed by atoms with Crippen LogP contribution in [-0.2, 0) is 9.53 Å². The number of nitrogens with zero attached hydrogens (tertiary/aromatic N) is 3. The Balaban J connectivity index is 1.52. The van der Waals surface area contributed by atoms with E-state index >= 15 is 0 Å². The fourth-order valence-electron chi connectivity index (χ4n) is 2.82. The summed E-state index contributed by atoms with van der Waals surface area (Å²) in [7, 11) is 1.60. The first kappa shape index (κ1) is 17.7. The van der Waals surface area contributed by atoms with Crippen LogP contribution in [0.25, 0.3) is 11.4 Å². The van der Waals surface area contributed by atoms with Crippen molar-refractivity contribution in [2.75, 3.05) is 32.1 Å². The highest BCUT2D eigenvalue weighted by Crippen LogP contribution is 2.22. The quantitative estimate of drug-likeness (QED) is 0.848. The summed E-state index contributed by atoms with van der Waals surface area (Å²) >= 11 is 5.99. The Kier molecular flexibility index (Phi) is 5.88. The molecule has 0 saturated carbocycles. The zero-order valence-electron chi connectivity index (χ0n) is 14.1. The number of hydrogen-bond acceptors (Lipinski definition) is 6. The lowest BCUT2D eigenvalue weighted by atomic mass is 10.1. The monoisotopic (exact) mass is 364 g/mol. The van der Waals surface area contributed by atoms with Crippen molar-refractivity contribution in [3.8, 4) is 11.4 Å². The van der Waals surface area contributed by atoms with Crippen LogP contribution in [0, 0.1) is 0 Å². The molecule has 7 nitrogen and oxygen atoms in total. The normalized spacial score (nSPS) is 15.4. The third kappa shape index (κ3) is 4.70. The van der Waals surface area contributed by atoms with Gasteiger partial charge in [0, 0.05) is 36.8 Å². The molecule has 1 aliphatic heterocycles. The lowest BCUT2D eigenvalue weighted by molar-refractivity contribution is -0.133. The van der Waals surface area contributed by atoms with Crippen molar-refractivity contribution in [2.45, 2.75) is 25.3 Å². The van der Waals surface area contributed by atoms with Crippen molar-refractivity contribution in [3.05, 3.63) is 29.3 Å². The molecule has 0 unspecified atom stereocenters. The summed E-state index contributed by atoms with van der Waals surface area (Å²) in [6.45, 7) is 1.90. The summed E-state index contributed by atoms with van der Waals surface area (Å²) in [5.41, 5.74) is 0.808. The van der Waals surface area contributed by atoms with Gasteiger partial charge in [-0.1, -0.05) is 28.9 Å². The van der Waals surface area contributed by atoms with E-state index in [0.717, 1.165) is 31.5 Å². The molecule has 2 heterocycles. The average molecular weight is 365 g/mol. The van der Waals surface area contributed by atoms with E-state index in [1.807, 2.05) is 17.0 Å². The number of amides is 1. The van der Waals surface area contributed by atoms with Crippen LogP contribution >= 0.6 is 11.6 Å². The Morgan fingerprint density at radius 3 is 2.96 bits per heavy atom. The molecule has 0 aliphatic carbocycles. The van der Waals surface area contributed by atoms with Crippen LogP contribution in [0.1, 0.15) is 19.3 Å². The first-order valence-corrected chi connectivity index (χ1v) is 8.66. The third-order valence-electron chi connectivity index (χ3n) is 4.20. The van der Waals surface area contributed by atoms with Crippen molar-refractivity contribution in [2.24, 2.45) is 0 Å². The number of piperidine rings is 1. The number of carbonyl (C=O) groups is 1. The average Bonchev–Trinajstić information content (AvgIpc) is 3.09. The smallest absolute Gasteiger partial charge is 0.322 e. The van der Waals surface area contributed by atoms with Crippen LogP contribution < -0.4 is 5.32 Å². The number of ether oxygens (including phenoxy) is 1. The van der Waals surface area contributed by atoms with Gasteiger partial charge in [0.15, 0.2) is 0 Å². The molecule has 1 fully saturated rings. The second-order valence-corrected chi connectivity index (χ2v) is 6.41. The molecule has 1 aromatic heterocycles. The largest absolute Gasteiger partial charge is 0.384 e. The SMILES string of the molecule is COCCC(=O)N1CCC(Nc2nc(-c3cccc(Cl)c3)no2)CC1. The zero-order valence-corrected chi connectivity index (χ0v) is 14.8. The molecule has 134 valence electrons. The van der Waals surface area contributed by atoms with Gasteiger partial charge in [-0.05, 0) is 25.0 Å². The maximum absolute atomic E-state index is 12.0. The fourth-order valence-corrected chi connectivity index (χ4v) is 3.01. The van der Waals surface area contributed by atoms with Crippen LogP contribution in [0.2, 0.25) is 5.02 Å². The number of nitrogens with one attached hydrogen (secondary N) is 1. The van der Waals surface area contributed by atoms with Gasteiger partial charge in [0.25, 0.3) is 0 Å². The topological polar surface area (TPSA) is 80.5 Å². The predicted molar refractivity (Wildman–Crippen MR) is 94.5 cm³/mol. The van der Waals surface area contributed by atoms with E-state index in [-0.39, 0.29) is 11.9 Å². The summed E-state index contributed by atoms with van der Waals surface area (Å²) in [5, 5.41) is 7.86. The van der Waals surface area contributed by atoms with Crippen molar-refractivity contribution in [3.63, 3.8) is 0 Å². The summed E-state index contributed by atoms with van der Waals surface area (Å²) in [4.78, 5) is 18.2. The molecule has 1 aliphatic rings. The number of benzene rings is 1. The highest BCUT2D eigenvalue weighted by atomic mass is 35.5. The lowest BCUT2D eigenvalue weighted by Gasteiger charge is -2.32. The lowest BCUT2D eigenvalue weighted by Crippen LogP contribution is -2.42. The number of hydrogen-bond donors (Lipinski definition) is 1. The second-order valence-electron chi connectivity index (χ2n) is 5.98. The first-order chi connectivity index (χ1) is 12.2.